The summed E-state index contributed by atoms with van der Waals surface area (Å²) in [5, 5.41) is 5.54. The third kappa shape index (κ3) is 5.41. The molecule has 0 aliphatic carbocycles. The van der Waals surface area contributed by atoms with Crippen LogP contribution >= 0.6 is 11.8 Å². The molecule has 2 aromatic rings. The van der Waals surface area contributed by atoms with Gasteiger partial charge in [-0.2, -0.15) is 0 Å². The van der Waals surface area contributed by atoms with Crippen molar-refractivity contribution < 1.29 is 9.59 Å². The van der Waals surface area contributed by atoms with E-state index in [2.05, 4.69) is 15.6 Å². The molecule has 6 heteroatoms. The van der Waals surface area contributed by atoms with Crippen LogP contribution in [0.15, 0.2) is 48.8 Å². The van der Waals surface area contributed by atoms with Gasteiger partial charge in [-0.15, -0.1) is 11.8 Å². The Kier molecular flexibility index (Phi) is 6.62. The third-order valence-corrected chi connectivity index (χ3v) is 4.04. The second-order valence-electron chi connectivity index (χ2n) is 4.80. The highest BCUT2D eigenvalue weighted by Crippen LogP contribution is 2.16. The highest BCUT2D eigenvalue weighted by Gasteiger charge is 2.12. The van der Waals surface area contributed by atoms with E-state index in [-0.39, 0.29) is 11.8 Å². The molecule has 1 heterocycles. The standard InChI is InChI=1S/C17H19N3O2S/c1-2-19-17(22)14-5-3-4-6-15(14)20-16(21)12-23-11-13-7-9-18-10-8-13/h3-10H,2,11-12H2,1H3,(H,19,22)(H,20,21). The van der Waals surface area contributed by atoms with E-state index < -0.39 is 0 Å². The molecule has 0 saturated carbocycles. The Bertz CT molecular complexity index is 662. The number of anilines is 1. The van der Waals surface area contributed by atoms with Crippen molar-refractivity contribution in [2.45, 2.75) is 12.7 Å². The first-order valence-electron chi connectivity index (χ1n) is 7.34. The number of carbonyl (C=O) groups excluding carboxylic acids is 2. The van der Waals surface area contributed by atoms with Crippen LogP contribution in [0.1, 0.15) is 22.8 Å². The molecule has 1 aromatic heterocycles. The Morgan fingerprint density at radius 3 is 2.61 bits per heavy atom. The van der Waals surface area contributed by atoms with Gasteiger partial charge >= 0.3 is 0 Å². The molecule has 2 amide bonds. The fourth-order valence-electron chi connectivity index (χ4n) is 1.97. The van der Waals surface area contributed by atoms with Gasteiger partial charge in [0.25, 0.3) is 5.91 Å². The lowest BCUT2D eigenvalue weighted by Crippen LogP contribution is -2.25. The van der Waals surface area contributed by atoms with E-state index in [1.165, 1.54) is 11.8 Å². The van der Waals surface area contributed by atoms with E-state index in [0.717, 1.165) is 11.3 Å². The number of benzene rings is 1. The molecule has 0 aliphatic rings. The minimum atomic E-state index is -0.187. The molecule has 0 spiro atoms. The van der Waals surface area contributed by atoms with Crippen LogP contribution in [0.5, 0.6) is 0 Å². The smallest absolute Gasteiger partial charge is 0.253 e. The number of hydrogen-bond donors (Lipinski definition) is 2. The van der Waals surface area contributed by atoms with Gasteiger partial charge in [-0.05, 0) is 36.8 Å². The quantitative estimate of drug-likeness (QED) is 0.819. The number of hydrogen-bond acceptors (Lipinski definition) is 4. The van der Waals surface area contributed by atoms with E-state index in [9.17, 15) is 9.59 Å². The number of nitrogens with zero attached hydrogens (tertiary/aromatic N) is 1. The summed E-state index contributed by atoms with van der Waals surface area (Å²) in [6.45, 7) is 2.40. The largest absolute Gasteiger partial charge is 0.352 e. The lowest BCUT2D eigenvalue weighted by molar-refractivity contribution is -0.113. The summed E-state index contributed by atoms with van der Waals surface area (Å²) in [6.07, 6.45) is 3.47. The van der Waals surface area contributed by atoms with Crippen LogP contribution in [0.2, 0.25) is 0 Å². The molecule has 0 bridgehead atoms. The Hall–Kier alpha value is -2.34. The Labute approximate surface area is 139 Å². The normalized spacial score (nSPS) is 10.1. The van der Waals surface area contributed by atoms with Gasteiger partial charge in [0.15, 0.2) is 0 Å². The number of thioether (sulfide) groups is 1. The predicted octanol–water partition coefficient (Wildman–Crippen LogP) is 2.70. The van der Waals surface area contributed by atoms with Crippen LogP contribution in [-0.4, -0.2) is 29.1 Å². The SMILES string of the molecule is CCNC(=O)c1ccccc1NC(=O)CSCc1ccncc1. The molecule has 2 N–H and O–H groups in total. The lowest BCUT2D eigenvalue weighted by atomic mass is 10.1. The number of amides is 2. The summed E-state index contributed by atoms with van der Waals surface area (Å²) in [6, 6.07) is 10.9. The van der Waals surface area contributed by atoms with E-state index in [4.69, 9.17) is 0 Å². The van der Waals surface area contributed by atoms with Gasteiger partial charge in [-0.3, -0.25) is 14.6 Å². The first kappa shape index (κ1) is 17.0. The van der Waals surface area contributed by atoms with Crippen molar-refractivity contribution in [3.05, 3.63) is 59.9 Å². The molecule has 0 unspecified atom stereocenters. The lowest BCUT2D eigenvalue weighted by Gasteiger charge is -2.10. The van der Waals surface area contributed by atoms with Crippen molar-refractivity contribution in [2.24, 2.45) is 0 Å². The van der Waals surface area contributed by atoms with Crippen molar-refractivity contribution in [3.8, 4) is 0 Å². The van der Waals surface area contributed by atoms with Gasteiger partial charge in [-0.1, -0.05) is 12.1 Å². The van der Waals surface area contributed by atoms with Crippen LogP contribution in [0.3, 0.4) is 0 Å². The molecule has 23 heavy (non-hydrogen) atoms. The van der Waals surface area contributed by atoms with Crippen LogP contribution in [0, 0.1) is 0 Å². The first-order chi connectivity index (χ1) is 11.2. The molecule has 0 atom stereocenters. The molecule has 0 aliphatic heterocycles. The molecule has 0 saturated heterocycles. The summed E-state index contributed by atoms with van der Waals surface area (Å²) in [5.74, 6) is 0.758. The Morgan fingerprint density at radius 1 is 1.13 bits per heavy atom. The second-order valence-corrected chi connectivity index (χ2v) is 5.79. The molecule has 0 radical (unpaired) electrons. The Morgan fingerprint density at radius 2 is 1.87 bits per heavy atom. The van der Waals surface area contributed by atoms with Gasteiger partial charge in [0.1, 0.15) is 0 Å². The minimum Gasteiger partial charge on any atom is -0.352 e. The average molecular weight is 329 g/mol. The Balaban J connectivity index is 1.89. The zero-order valence-electron chi connectivity index (χ0n) is 12.9. The van der Waals surface area contributed by atoms with E-state index >= 15 is 0 Å². The fourth-order valence-corrected chi connectivity index (χ4v) is 2.76. The van der Waals surface area contributed by atoms with Crippen molar-refractivity contribution in [1.29, 1.82) is 0 Å². The van der Waals surface area contributed by atoms with Gasteiger partial charge in [0, 0.05) is 24.7 Å². The topological polar surface area (TPSA) is 71.1 Å². The maximum atomic E-state index is 12.1. The number of carbonyl (C=O) groups is 2. The molecule has 5 nitrogen and oxygen atoms in total. The number of pyridine rings is 1. The zero-order valence-corrected chi connectivity index (χ0v) is 13.7. The van der Waals surface area contributed by atoms with Crippen molar-refractivity contribution in [3.63, 3.8) is 0 Å². The van der Waals surface area contributed by atoms with Crippen LogP contribution in [0.4, 0.5) is 5.69 Å². The second kappa shape index (κ2) is 8.95. The highest BCUT2D eigenvalue weighted by atomic mass is 32.2. The first-order valence-corrected chi connectivity index (χ1v) is 8.50. The summed E-state index contributed by atoms with van der Waals surface area (Å²) in [5.41, 5.74) is 2.13. The summed E-state index contributed by atoms with van der Waals surface area (Å²) in [7, 11) is 0. The van der Waals surface area contributed by atoms with E-state index in [0.29, 0.717) is 23.5 Å². The maximum absolute atomic E-state index is 12.1. The zero-order chi connectivity index (χ0) is 16.5. The average Bonchev–Trinajstić information content (AvgIpc) is 2.56. The number of nitrogens with one attached hydrogen (secondary N) is 2. The summed E-state index contributed by atoms with van der Waals surface area (Å²) in [4.78, 5) is 28.0. The van der Waals surface area contributed by atoms with Gasteiger partial charge < -0.3 is 10.6 Å². The van der Waals surface area contributed by atoms with Crippen molar-refractivity contribution >= 4 is 29.3 Å². The molecule has 2 rings (SSSR count). The van der Waals surface area contributed by atoms with E-state index in [1.807, 2.05) is 19.1 Å². The maximum Gasteiger partial charge on any atom is 0.253 e. The highest BCUT2D eigenvalue weighted by molar-refractivity contribution is 7.99. The molecular formula is C17H19N3O2S. The number of aromatic nitrogens is 1. The number of para-hydroxylation sites is 1. The van der Waals surface area contributed by atoms with Crippen LogP contribution < -0.4 is 10.6 Å². The molecule has 120 valence electrons. The molecule has 1 aromatic carbocycles. The summed E-state index contributed by atoms with van der Waals surface area (Å²) < 4.78 is 0. The fraction of sp³-hybridized carbons (Fsp3) is 0.235. The monoisotopic (exact) mass is 329 g/mol. The third-order valence-electron chi connectivity index (χ3n) is 3.03. The number of rotatable bonds is 7. The van der Waals surface area contributed by atoms with Gasteiger partial charge in [0.05, 0.1) is 17.0 Å². The van der Waals surface area contributed by atoms with Crippen molar-refractivity contribution in [1.82, 2.24) is 10.3 Å². The van der Waals surface area contributed by atoms with Gasteiger partial charge in [-0.25, -0.2) is 0 Å². The molecule has 0 fully saturated rings. The molecular weight excluding hydrogens is 310 g/mol. The van der Waals surface area contributed by atoms with E-state index in [1.54, 1.807) is 36.7 Å². The van der Waals surface area contributed by atoms with Crippen LogP contribution in [0.25, 0.3) is 0 Å². The predicted molar refractivity (Wildman–Crippen MR) is 93.5 cm³/mol. The summed E-state index contributed by atoms with van der Waals surface area (Å²) >= 11 is 1.52. The van der Waals surface area contributed by atoms with Crippen LogP contribution in [-0.2, 0) is 10.5 Å². The van der Waals surface area contributed by atoms with Crippen molar-refractivity contribution in [2.75, 3.05) is 17.6 Å². The van der Waals surface area contributed by atoms with Gasteiger partial charge in [0.2, 0.25) is 5.91 Å². The minimum absolute atomic E-state index is 0.124.